The van der Waals surface area contributed by atoms with Gasteiger partial charge in [-0.2, -0.15) is 5.10 Å². The van der Waals surface area contributed by atoms with Crippen LogP contribution in [0, 0.1) is 0 Å². The molecule has 0 fully saturated rings. The third-order valence-corrected chi connectivity index (χ3v) is 6.36. The van der Waals surface area contributed by atoms with Crippen molar-refractivity contribution in [3.63, 3.8) is 0 Å². The molecule has 0 unspecified atom stereocenters. The molecule has 0 aliphatic carbocycles. The van der Waals surface area contributed by atoms with Gasteiger partial charge in [-0.1, -0.05) is 69.5 Å². The summed E-state index contributed by atoms with van der Waals surface area (Å²) in [5, 5.41) is 7.91. The van der Waals surface area contributed by atoms with Crippen LogP contribution in [0.15, 0.2) is 70.2 Å². The number of hydrogen-bond donors (Lipinski definition) is 0. The summed E-state index contributed by atoms with van der Waals surface area (Å²) in [4.78, 5) is 0. The normalized spacial score (nSPS) is 19.6. The number of methoxy groups -OCH3 is 1. The zero-order valence-electron chi connectivity index (χ0n) is 16.0. The van der Waals surface area contributed by atoms with E-state index in [2.05, 4.69) is 34.1 Å². The fraction of sp³-hybridized carbons (Fsp3) is 0.174. The van der Waals surface area contributed by atoms with Crippen LogP contribution in [0.4, 0.5) is 0 Å². The quantitative estimate of drug-likeness (QED) is 0.385. The zero-order chi connectivity index (χ0) is 20.8. The number of rotatable bonds is 3. The standard InChI is InChI=1S/C23H17BrCl2N2O2/c1-29-22-17(10-15(25)11-18(22)26)23-28-20(16-9-14(24)7-8-21(16)30-23)12-19(27-28)13-5-3-2-4-6-13/h2-11,20,23H,12H2,1H3/t20-,23-/m0/s1. The Kier molecular flexibility index (Phi) is 5.13. The van der Waals surface area contributed by atoms with E-state index in [9.17, 15) is 0 Å². The van der Waals surface area contributed by atoms with Crippen molar-refractivity contribution in [3.8, 4) is 11.5 Å². The van der Waals surface area contributed by atoms with Gasteiger partial charge in [-0.15, -0.1) is 0 Å². The van der Waals surface area contributed by atoms with Gasteiger partial charge in [-0.25, -0.2) is 5.01 Å². The average molecular weight is 504 g/mol. The van der Waals surface area contributed by atoms with Crippen LogP contribution in [0.3, 0.4) is 0 Å². The van der Waals surface area contributed by atoms with Crippen molar-refractivity contribution in [1.29, 1.82) is 0 Å². The van der Waals surface area contributed by atoms with E-state index in [0.717, 1.165) is 39.0 Å². The second-order valence-corrected chi connectivity index (χ2v) is 8.93. The highest BCUT2D eigenvalue weighted by molar-refractivity contribution is 9.10. The molecule has 0 bridgehead atoms. The van der Waals surface area contributed by atoms with Crippen LogP contribution in [-0.4, -0.2) is 17.8 Å². The van der Waals surface area contributed by atoms with Crippen LogP contribution in [0.2, 0.25) is 10.0 Å². The van der Waals surface area contributed by atoms with Crippen molar-refractivity contribution in [3.05, 3.63) is 91.9 Å². The lowest BCUT2D eigenvalue weighted by Crippen LogP contribution is -2.34. The van der Waals surface area contributed by atoms with Crippen LogP contribution in [0.5, 0.6) is 11.5 Å². The predicted octanol–water partition coefficient (Wildman–Crippen LogP) is 7.01. The van der Waals surface area contributed by atoms with Crippen LogP contribution in [-0.2, 0) is 0 Å². The first-order valence-corrected chi connectivity index (χ1v) is 11.0. The Labute approximate surface area is 193 Å². The van der Waals surface area contributed by atoms with Gasteiger partial charge in [0.15, 0.2) is 0 Å². The minimum absolute atomic E-state index is 0.0221. The second kappa shape index (κ2) is 7.80. The van der Waals surface area contributed by atoms with Gasteiger partial charge < -0.3 is 9.47 Å². The monoisotopic (exact) mass is 502 g/mol. The predicted molar refractivity (Wildman–Crippen MR) is 123 cm³/mol. The smallest absolute Gasteiger partial charge is 0.217 e. The van der Waals surface area contributed by atoms with Crippen molar-refractivity contribution in [2.75, 3.05) is 7.11 Å². The molecule has 7 heteroatoms. The lowest BCUT2D eigenvalue weighted by atomic mass is 9.96. The Balaban J connectivity index is 1.67. The first kappa shape index (κ1) is 19.7. The Hall–Kier alpha value is -2.21. The molecule has 0 spiro atoms. The summed E-state index contributed by atoms with van der Waals surface area (Å²) in [5.74, 6) is 1.35. The summed E-state index contributed by atoms with van der Waals surface area (Å²) in [5.41, 5.74) is 3.93. The molecule has 152 valence electrons. The van der Waals surface area contributed by atoms with E-state index in [0.29, 0.717) is 15.8 Å². The van der Waals surface area contributed by atoms with E-state index in [4.69, 9.17) is 37.8 Å². The van der Waals surface area contributed by atoms with Crippen LogP contribution in [0.25, 0.3) is 0 Å². The maximum atomic E-state index is 6.42. The number of benzene rings is 3. The average Bonchev–Trinajstić information content (AvgIpc) is 3.19. The number of hydrazone groups is 1. The molecule has 0 radical (unpaired) electrons. The minimum atomic E-state index is -0.518. The summed E-state index contributed by atoms with van der Waals surface area (Å²) in [6.45, 7) is 0. The molecule has 2 heterocycles. The van der Waals surface area contributed by atoms with E-state index in [1.165, 1.54) is 0 Å². The molecule has 5 rings (SSSR count). The van der Waals surface area contributed by atoms with Gasteiger partial charge in [0.25, 0.3) is 0 Å². The summed E-state index contributed by atoms with van der Waals surface area (Å²) in [6, 6.07) is 19.8. The van der Waals surface area contributed by atoms with Crippen molar-refractivity contribution >= 4 is 44.8 Å². The van der Waals surface area contributed by atoms with Gasteiger partial charge in [0.1, 0.15) is 11.5 Å². The topological polar surface area (TPSA) is 34.1 Å². The first-order chi connectivity index (χ1) is 14.5. The molecule has 0 N–H and O–H groups in total. The Bertz CT molecular complexity index is 1150. The van der Waals surface area contributed by atoms with Crippen LogP contribution >= 0.6 is 39.1 Å². The SMILES string of the molecule is COc1c(Cl)cc(Cl)cc1[C@@H]1Oc2ccc(Br)cc2[C@@H]2CC(c3ccccc3)=NN21. The van der Waals surface area contributed by atoms with Gasteiger partial charge in [0.05, 0.1) is 29.4 Å². The van der Waals surface area contributed by atoms with Crippen LogP contribution in [0.1, 0.15) is 35.4 Å². The Morgan fingerprint density at radius 1 is 1.07 bits per heavy atom. The van der Waals surface area contributed by atoms with Crippen molar-refractivity contribution in [1.82, 2.24) is 5.01 Å². The fourth-order valence-electron chi connectivity index (χ4n) is 4.05. The van der Waals surface area contributed by atoms with Crippen LogP contribution < -0.4 is 9.47 Å². The van der Waals surface area contributed by atoms with E-state index in [1.54, 1.807) is 13.2 Å². The number of nitrogens with zero attached hydrogens (tertiary/aromatic N) is 2. The fourth-order valence-corrected chi connectivity index (χ4v) is 5.01. The summed E-state index contributed by atoms with van der Waals surface area (Å²) >= 11 is 16.3. The molecule has 4 nitrogen and oxygen atoms in total. The molecule has 3 aromatic carbocycles. The van der Waals surface area contributed by atoms with E-state index in [1.807, 2.05) is 41.4 Å². The molecule has 0 amide bonds. The van der Waals surface area contributed by atoms with Crippen molar-refractivity contribution in [2.45, 2.75) is 18.7 Å². The summed E-state index contributed by atoms with van der Waals surface area (Å²) in [7, 11) is 1.59. The first-order valence-electron chi connectivity index (χ1n) is 9.45. The second-order valence-electron chi connectivity index (χ2n) is 7.18. The van der Waals surface area contributed by atoms with Crippen molar-refractivity contribution in [2.24, 2.45) is 5.10 Å². The highest BCUT2D eigenvalue weighted by Crippen LogP contribution is 2.50. The lowest BCUT2D eigenvalue weighted by Gasteiger charge is -2.38. The van der Waals surface area contributed by atoms with Gasteiger partial charge in [-0.3, -0.25) is 0 Å². The third-order valence-electron chi connectivity index (χ3n) is 5.37. The molecule has 3 aromatic rings. The molecule has 2 aliphatic heterocycles. The number of halogens is 3. The molecule has 2 aliphatic rings. The molecule has 0 saturated carbocycles. The van der Waals surface area contributed by atoms with Gasteiger partial charge in [-0.05, 0) is 35.9 Å². The van der Waals surface area contributed by atoms with E-state index in [-0.39, 0.29) is 6.04 Å². The maximum Gasteiger partial charge on any atom is 0.217 e. The number of hydrogen-bond acceptors (Lipinski definition) is 4. The number of ether oxygens (including phenoxy) is 2. The molecule has 2 atom stereocenters. The van der Waals surface area contributed by atoms with E-state index >= 15 is 0 Å². The molecular formula is C23H17BrCl2N2O2. The van der Waals surface area contributed by atoms with Gasteiger partial charge >= 0.3 is 0 Å². The van der Waals surface area contributed by atoms with Crippen molar-refractivity contribution < 1.29 is 9.47 Å². The third kappa shape index (κ3) is 3.35. The molecule has 0 saturated heterocycles. The Morgan fingerprint density at radius 2 is 1.87 bits per heavy atom. The number of fused-ring (bicyclic) bond motifs is 3. The highest BCUT2D eigenvalue weighted by atomic mass is 79.9. The van der Waals surface area contributed by atoms with Gasteiger partial charge in [0, 0.05) is 21.5 Å². The summed E-state index contributed by atoms with van der Waals surface area (Å²) < 4.78 is 13.0. The maximum absolute atomic E-state index is 6.42. The molecule has 0 aromatic heterocycles. The Morgan fingerprint density at radius 3 is 2.63 bits per heavy atom. The lowest BCUT2D eigenvalue weighted by molar-refractivity contribution is -0.0203. The largest absolute Gasteiger partial charge is 0.495 e. The van der Waals surface area contributed by atoms with E-state index < -0.39 is 6.23 Å². The molecule has 30 heavy (non-hydrogen) atoms. The minimum Gasteiger partial charge on any atom is -0.495 e. The zero-order valence-corrected chi connectivity index (χ0v) is 19.1. The molecular weight excluding hydrogens is 487 g/mol. The highest BCUT2D eigenvalue weighted by Gasteiger charge is 2.42. The van der Waals surface area contributed by atoms with Gasteiger partial charge in [0.2, 0.25) is 6.23 Å². The summed E-state index contributed by atoms with van der Waals surface area (Å²) in [6.07, 6.45) is 0.250.